The number of nitrogens with zero attached hydrogens (tertiary/aromatic N) is 1. The lowest BCUT2D eigenvalue weighted by Gasteiger charge is -2.31. The molecule has 1 aromatic carbocycles. The molecule has 0 bridgehead atoms. The van der Waals surface area contributed by atoms with E-state index in [1.807, 2.05) is 12.1 Å². The first-order chi connectivity index (χ1) is 8.94. The van der Waals surface area contributed by atoms with Gasteiger partial charge in [0.2, 0.25) is 0 Å². The first-order valence-electron chi connectivity index (χ1n) is 6.42. The lowest BCUT2D eigenvalue weighted by molar-refractivity contribution is 0.102. The van der Waals surface area contributed by atoms with Crippen molar-refractivity contribution in [3.05, 3.63) is 34.8 Å². The summed E-state index contributed by atoms with van der Waals surface area (Å²) in [5.74, 6) is 0.242. The number of aliphatic hydroxyl groups excluding tert-OH is 1. The van der Waals surface area contributed by atoms with Crippen LogP contribution < -0.4 is 0 Å². The van der Waals surface area contributed by atoms with Gasteiger partial charge in [0.15, 0.2) is 0 Å². The summed E-state index contributed by atoms with van der Waals surface area (Å²) in [6, 6.07) is 7.10. The molecule has 0 fully saturated rings. The Morgan fingerprint density at radius 3 is 2.89 bits per heavy atom. The number of hydrogen-bond donors (Lipinski definition) is 2. The van der Waals surface area contributed by atoms with E-state index >= 15 is 0 Å². The molecular formula is C15H17NO2S. The van der Waals surface area contributed by atoms with Crippen molar-refractivity contribution in [3.63, 3.8) is 0 Å². The van der Waals surface area contributed by atoms with Gasteiger partial charge in [0.05, 0.1) is 16.7 Å². The van der Waals surface area contributed by atoms with Crippen LogP contribution in [-0.2, 0) is 6.42 Å². The van der Waals surface area contributed by atoms with Gasteiger partial charge in [-0.15, -0.1) is 11.3 Å². The van der Waals surface area contributed by atoms with E-state index in [1.54, 1.807) is 12.1 Å². The highest BCUT2D eigenvalue weighted by atomic mass is 32.1. The van der Waals surface area contributed by atoms with Crippen LogP contribution in [0.3, 0.4) is 0 Å². The molecule has 0 amide bonds. The third-order valence-electron chi connectivity index (χ3n) is 3.52. The van der Waals surface area contributed by atoms with Crippen LogP contribution in [0.25, 0.3) is 10.6 Å². The molecule has 3 rings (SSSR count). The largest absolute Gasteiger partial charge is 0.508 e. The van der Waals surface area contributed by atoms with Crippen molar-refractivity contribution in [1.82, 2.24) is 4.98 Å². The van der Waals surface area contributed by atoms with Crippen molar-refractivity contribution in [2.24, 2.45) is 5.41 Å². The molecule has 3 nitrogen and oxygen atoms in total. The predicted octanol–water partition coefficient (Wildman–Crippen LogP) is 3.52. The highest BCUT2D eigenvalue weighted by molar-refractivity contribution is 7.15. The molecule has 2 aromatic rings. The Morgan fingerprint density at radius 2 is 2.16 bits per heavy atom. The zero-order chi connectivity index (χ0) is 13.6. The van der Waals surface area contributed by atoms with E-state index in [9.17, 15) is 10.2 Å². The lowest BCUT2D eigenvalue weighted by atomic mass is 9.77. The van der Waals surface area contributed by atoms with Gasteiger partial charge in [0.25, 0.3) is 0 Å². The number of aromatic nitrogens is 1. The lowest BCUT2D eigenvalue weighted by Crippen LogP contribution is -2.24. The predicted molar refractivity (Wildman–Crippen MR) is 76.3 cm³/mol. The molecule has 0 spiro atoms. The summed E-state index contributed by atoms with van der Waals surface area (Å²) in [5.41, 5.74) is 2.01. The number of hydrogen-bond acceptors (Lipinski definition) is 4. The maximum atomic E-state index is 10.2. The Labute approximate surface area is 116 Å². The number of phenols is 1. The summed E-state index contributed by atoms with van der Waals surface area (Å²) < 4.78 is 0. The number of aliphatic hydroxyl groups is 1. The van der Waals surface area contributed by atoms with Crippen molar-refractivity contribution < 1.29 is 10.2 Å². The highest BCUT2D eigenvalue weighted by Crippen LogP contribution is 2.44. The number of benzene rings is 1. The molecule has 0 saturated heterocycles. The van der Waals surface area contributed by atoms with E-state index in [0.29, 0.717) is 0 Å². The molecule has 1 aliphatic carbocycles. The molecule has 0 radical (unpaired) electrons. The highest BCUT2D eigenvalue weighted by Gasteiger charge is 2.34. The van der Waals surface area contributed by atoms with Gasteiger partial charge in [-0.25, -0.2) is 4.98 Å². The third-order valence-corrected chi connectivity index (χ3v) is 4.76. The van der Waals surface area contributed by atoms with Crippen LogP contribution in [0.4, 0.5) is 0 Å². The van der Waals surface area contributed by atoms with Crippen LogP contribution in [0, 0.1) is 5.41 Å². The standard InChI is InChI=1S/C15H17NO2S/c1-15(2)7-11-13(12(18)8-15)19-14(16-11)9-4-3-5-10(17)6-9/h3-6,12,17-18H,7-8H2,1-2H3. The number of phenolic OH excluding ortho intramolecular Hbond substituents is 1. The molecule has 4 heteroatoms. The number of thiazole rings is 1. The van der Waals surface area contributed by atoms with E-state index < -0.39 is 6.10 Å². The Hall–Kier alpha value is -1.39. The van der Waals surface area contributed by atoms with Gasteiger partial charge in [0, 0.05) is 5.56 Å². The Morgan fingerprint density at radius 1 is 1.37 bits per heavy atom. The fourth-order valence-corrected chi connectivity index (χ4v) is 3.72. The molecule has 100 valence electrons. The molecule has 2 N–H and O–H groups in total. The summed E-state index contributed by atoms with van der Waals surface area (Å²) in [7, 11) is 0. The van der Waals surface area contributed by atoms with Crippen LogP contribution >= 0.6 is 11.3 Å². The summed E-state index contributed by atoms with van der Waals surface area (Å²) in [6.07, 6.45) is 1.26. The zero-order valence-electron chi connectivity index (χ0n) is 11.1. The molecule has 1 aromatic heterocycles. The van der Waals surface area contributed by atoms with Crippen LogP contribution in [0.1, 0.15) is 36.9 Å². The Kier molecular flexibility index (Phi) is 2.87. The van der Waals surface area contributed by atoms with E-state index in [0.717, 1.165) is 34.0 Å². The molecule has 0 aliphatic heterocycles. The van der Waals surface area contributed by atoms with Crippen molar-refractivity contribution >= 4 is 11.3 Å². The molecule has 1 unspecified atom stereocenters. The number of aromatic hydroxyl groups is 1. The average Bonchev–Trinajstić information content (AvgIpc) is 2.71. The van der Waals surface area contributed by atoms with Gasteiger partial charge in [-0.1, -0.05) is 26.0 Å². The van der Waals surface area contributed by atoms with Gasteiger partial charge in [-0.2, -0.15) is 0 Å². The molecule has 1 heterocycles. The minimum absolute atomic E-state index is 0.0938. The van der Waals surface area contributed by atoms with Crippen LogP contribution in [0.5, 0.6) is 5.75 Å². The zero-order valence-corrected chi connectivity index (χ0v) is 11.9. The molecule has 19 heavy (non-hydrogen) atoms. The Bertz CT molecular complexity index is 618. The smallest absolute Gasteiger partial charge is 0.124 e. The number of rotatable bonds is 1. The van der Waals surface area contributed by atoms with Crippen molar-refractivity contribution in [2.75, 3.05) is 0 Å². The molecule has 0 saturated carbocycles. The minimum Gasteiger partial charge on any atom is -0.508 e. The maximum Gasteiger partial charge on any atom is 0.124 e. The topological polar surface area (TPSA) is 53.4 Å². The van der Waals surface area contributed by atoms with E-state index in [2.05, 4.69) is 18.8 Å². The number of fused-ring (bicyclic) bond motifs is 1. The molecule has 1 atom stereocenters. The van der Waals surface area contributed by atoms with Gasteiger partial charge in [-0.3, -0.25) is 0 Å². The van der Waals surface area contributed by atoms with Crippen molar-refractivity contribution in [2.45, 2.75) is 32.8 Å². The van der Waals surface area contributed by atoms with Gasteiger partial charge < -0.3 is 10.2 Å². The van der Waals surface area contributed by atoms with Crippen LogP contribution in [-0.4, -0.2) is 15.2 Å². The summed E-state index contributed by atoms with van der Waals surface area (Å²) >= 11 is 1.53. The summed E-state index contributed by atoms with van der Waals surface area (Å²) in [6.45, 7) is 4.32. The van der Waals surface area contributed by atoms with E-state index in [-0.39, 0.29) is 11.2 Å². The first-order valence-corrected chi connectivity index (χ1v) is 7.23. The second-order valence-corrected chi connectivity index (χ2v) is 6.97. The van der Waals surface area contributed by atoms with Crippen LogP contribution in [0.2, 0.25) is 0 Å². The fourth-order valence-electron chi connectivity index (χ4n) is 2.65. The van der Waals surface area contributed by atoms with Crippen molar-refractivity contribution in [1.29, 1.82) is 0 Å². The second kappa shape index (κ2) is 4.32. The molecule has 1 aliphatic rings. The Balaban J connectivity index is 2.04. The third kappa shape index (κ3) is 2.38. The van der Waals surface area contributed by atoms with Gasteiger partial charge >= 0.3 is 0 Å². The average molecular weight is 275 g/mol. The van der Waals surface area contributed by atoms with Gasteiger partial charge in [0.1, 0.15) is 10.8 Å². The summed E-state index contributed by atoms with van der Waals surface area (Å²) in [5, 5.41) is 20.6. The van der Waals surface area contributed by atoms with E-state index in [1.165, 1.54) is 11.3 Å². The first kappa shape index (κ1) is 12.6. The minimum atomic E-state index is -0.415. The fraction of sp³-hybridized carbons (Fsp3) is 0.400. The second-order valence-electron chi connectivity index (χ2n) is 5.94. The normalized spacial score (nSPS) is 21.1. The maximum absolute atomic E-state index is 10.2. The SMILES string of the molecule is CC1(C)Cc2nc(-c3cccc(O)c3)sc2C(O)C1. The monoisotopic (exact) mass is 275 g/mol. The van der Waals surface area contributed by atoms with Crippen LogP contribution in [0.15, 0.2) is 24.3 Å². The van der Waals surface area contributed by atoms with Crippen molar-refractivity contribution in [3.8, 4) is 16.3 Å². The molecular weight excluding hydrogens is 258 g/mol. The summed E-state index contributed by atoms with van der Waals surface area (Å²) in [4.78, 5) is 5.64. The quantitative estimate of drug-likeness (QED) is 0.837. The van der Waals surface area contributed by atoms with E-state index in [4.69, 9.17) is 0 Å². The van der Waals surface area contributed by atoms with Gasteiger partial charge in [-0.05, 0) is 30.4 Å².